The molecule has 164 valence electrons. The minimum absolute atomic E-state index is 0.164. The molecule has 2 fully saturated rings. The maximum Gasteiger partial charge on any atom is 0.490 e. The number of carbonyl (C=O) groups is 1. The van der Waals surface area contributed by atoms with Gasteiger partial charge in [-0.15, -0.1) is 0 Å². The summed E-state index contributed by atoms with van der Waals surface area (Å²) < 4.78 is 71.3. The molecular formula is C16H22F3N3O6S. The van der Waals surface area contributed by atoms with Crippen LogP contribution in [-0.4, -0.2) is 84.8 Å². The van der Waals surface area contributed by atoms with Crippen molar-refractivity contribution in [2.24, 2.45) is 0 Å². The van der Waals surface area contributed by atoms with Crippen molar-refractivity contribution < 1.29 is 41.0 Å². The summed E-state index contributed by atoms with van der Waals surface area (Å²) in [4.78, 5) is 12.9. The number of hydrogen-bond acceptors (Lipinski definition) is 6. The molecule has 1 aromatic rings. The molecule has 0 bridgehead atoms. The number of hydrogen-bond donors (Lipinski definition) is 1. The first-order chi connectivity index (χ1) is 13.4. The Morgan fingerprint density at radius 1 is 1.41 bits per heavy atom. The van der Waals surface area contributed by atoms with Crippen molar-refractivity contribution in [2.45, 2.75) is 37.3 Å². The molecule has 0 amide bonds. The van der Waals surface area contributed by atoms with Gasteiger partial charge in [-0.3, -0.25) is 4.98 Å². The Labute approximate surface area is 166 Å². The second kappa shape index (κ2) is 9.24. The molecule has 1 aromatic heterocycles. The molecule has 3 atom stereocenters. The summed E-state index contributed by atoms with van der Waals surface area (Å²) in [5.74, 6) is -2.13. The van der Waals surface area contributed by atoms with Gasteiger partial charge in [-0.2, -0.15) is 30.2 Å². The number of carboxylic acids is 1. The highest BCUT2D eigenvalue weighted by molar-refractivity contribution is 7.86. The van der Waals surface area contributed by atoms with Crippen molar-refractivity contribution in [3.63, 3.8) is 0 Å². The summed E-state index contributed by atoms with van der Waals surface area (Å²) in [6.45, 7) is 0.939. The number of alkyl halides is 3. The predicted molar refractivity (Wildman–Crippen MR) is 94.4 cm³/mol. The number of aromatic nitrogens is 1. The van der Waals surface area contributed by atoms with E-state index in [-0.39, 0.29) is 18.2 Å². The normalized spacial score (nSPS) is 25.1. The molecule has 2 aliphatic rings. The van der Waals surface area contributed by atoms with Crippen LogP contribution in [0.5, 0.6) is 5.75 Å². The van der Waals surface area contributed by atoms with Gasteiger partial charge in [-0.1, -0.05) is 0 Å². The lowest BCUT2D eigenvalue weighted by atomic mass is 10.0. The van der Waals surface area contributed by atoms with Crippen molar-refractivity contribution in [3.05, 3.63) is 24.5 Å². The predicted octanol–water partition coefficient (Wildman–Crippen LogP) is 1.13. The Hall–Kier alpha value is -1.96. The van der Waals surface area contributed by atoms with Crippen LogP contribution in [0.2, 0.25) is 0 Å². The molecule has 0 unspecified atom stereocenters. The minimum Gasteiger partial charge on any atom is -0.485 e. The van der Waals surface area contributed by atoms with Gasteiger partial charge >= 0.3 is 12.1 Å². The van der Waals surface area contributed by atoms with E-state index in [9.17, 15) is 21.6 Å². The van der Waals surface area contributed by atoms with Crippen molar-refractivity contribution in [3.8, 4) is 5.75 Å². The lowest BCUT2D eigenvalue weighted by Crippen LogP contribution is -2.47. The van der Waals surface area contributed by atoms with Crippen LogP contribution in [0, 0.1) is 0 Å². The van der Waals surface area contributed by atoms with E-state index < -0.39 is 22.4 Å². The Bertz CT molecular complexity index is 791. The molecule has 3 heterocycles. The van der Waals surface area contributed by atoms with E-state index in [2.05, 4.69) is 4.98 Å². The largest absolute Gasteiger partial charge is 0.490 e. The number of carboxylic acid groups (broad SMARTS) is 1. The monoisotopic (exact) mass is 441 g/mol. The SMILES string of the molecule is CN(C)S(=O)(=O)N1C[C@H](Oc2cccnc2)[C@H]2OCCC[C@H]21.O=C(O)C(F)(F)F. The molecule has 29 heavy (non-hydrogen) atoms. The number of halogens is 3. The molecule has 3 rings (SSSR count). The number of fused-ring (bicyclic) bond motifs is 1. The van der Waals surface area contributed by atoms with Gasteiger partial charge in [-0.25, -0.2) is 4.79 Å². The zero-order chi connectivity index (χ0) is 21.8. The van der Waals surface area contributed by atoms with Gasteiger partial charge < -0.3 is 14.6 Å². The smallest absolute Gasteiger partial charge is 0.485 e. The first-order valence-electron chi connectivity index (χ1n) is 8.62. The maximum atomic E-state index is 12.5. The lowest BCUT2D eigenvalue weighted by Gasteiger charge is -2.32. The topological polar surface area (TPSA) is 109 Å². The van der Waals surface area contributed by atoms with E-state index in [1.807, 2.05) is 6.07 Å². The van der Waals surface area contributed by atoms with Crippen molar-refractivity contribution in [1.29, 1.82) is 0 Å². The Balaban J connectivity index is 0.000000370. The van der Waals surface area contributed by atoms with E-state index in [0.717, 1.165) is 12.8 Å². The van der Waals surface area contributed by atoms with Gasteiger partial charge in [0.25, 0.3) is 10.2 Å². The van der Waals surface area contributed by atoms with Gasteiger partial charge in [0.2, 0.25) is 0 Å². The van der Waals surface area contributed by atoms with E-state index in [1.54, 1.807) is 32.6 Å². The van der Waals surface area contributed by atoms with Crippen molar-refractivity contribution in [1.82, 2.24) is 13.6 Å². The standard InChI is InChI=1S/C14H21N3O4S.C2HF3O2/c1-16(2)22(18,19)17-10-13(14-12(17)6-4-8-20-14)21-11-5-3-7-15-9-11;3-2(4,5)1(6)7/h3,5,7,9,12-14H,4,6,8,10H2,1-2H3;(H,6,7)/t12-,13+,14+;/m1./s1. The van der Waals surface area contributed by atoms with Crippen molar-refractivity contribution >= 4 is 16.2 Å². The number of rotatable bonds is 4. The lowest BCUT2D eigenvalue weighted by molar-refractivity contribution is -0.192. The van der Waals surface area contributed by atoms with Gasteiger partial charge in [0.1, 0.15) is 18.0 Å². The van der Waals surface area contributed by atoms with E-state index in [0.29, 0.717) is 18.9 Å². The zero-order valence-corrected chi connectivity index (χ0v) is 16.6. The molecule has 2 saturated heterocycles. The fourth-order valence-electron chi connectivity index (χ4n) is 3.04. The Morgan fingerprint density at radius 2 is 2.07 bits per heavy atom. The summed E-state index contributed by atoms with van der Waals surface area (Å²) in [5.41, 5.74) is 0. The van der Waals surface area contributed by atoms with Crippen LogP contribution in [0.25, 0.3) is 0 Å². The van der Waals surface area contributed by atoms with Gasteiger partial charge in [-0.05, 0) is 25.0 Å². The summed E-state index contributed by atoms with van der Waals surface area (Å²) in [5, 5.41) is 7.12. The van der Waals surface area contributed by atoms with Crippen LogP contribution < -0.4 is 4.74 Å². The molecule has 13 heteroatoms. The van der Waals surface area contributed by atoms with Crippen LogP contribution in [0.4, 0.5) is 13.2 Å². The van der Waals surface area contributed by atoms with E-state index in [4.69, 9.17) is 19.4 Å². The minimum atomic E-state index is -5.08. The summed E-state index contributed by atoms with van der Waals surface area (Å²) >= 11 is 0. The molecule has 0 aromatic carbocycles. The first kappa shape index (κ1) is 23.3. The molecule has 2 aliphatic heterocycles. The van der Waals surface area contributed by atoms with Gasteiger partial charge in [0, 0.05) is 26.9 Å². The van der Waals surface area contributed by atoms with E-state index in [1.165, 1.54) is 8.61 Å². The van der Waals surface area contributed by atoms with Crippen LogP contribution >= 0.6 is 0 Å². The molecule has 0 radical (unpaired) electrons. The average molecular weight is 441 g/mol. The van der Waals surface area contributed by atoms with Crippen LogP contribution in [0.3, 0.4) is 0 Å². The highest BCUT2D eigenvalue weighted by Crippen LogP contribution is 2.33. The third-order valence-corrected chi connectivity index (χ3v) is 6.29. The Kier molecular flexibility index (Phi) is 7.43. The maximum absolute atomic E-state index is 12.5. The quantitative estimate of drug-likeness (QED) is 0.746. The third-order valence-electron chi connectivity index (χ3n) is 4.35. The molecule has 0 aliphatic carbocycles. The molecule has 9 nitrogen and oxygen atoms in total. The molecule has 0 spiro atoms. The number of aliphatic carboxylic acids is 1. The molecule has 0 saturated carbocycles. The van der Waals surface area contributed by atoms with Crippen LogP contribution in [0.15, 0.2) is 24.5 Å². The zero-order valence-electron chi connectivity index (χ0n) is 15.7. The van der Waals surface area contributed by atoms with Gasteiger partial charge in [0.05, 0.1) is 18.8 Å². The number of ether oxygens (including phenoxy) is 2. The average Bonchev–Trinajstić information content (AvgIpc) is 3.01. The fourth-order valence-corrected chi connectivity index (χ4v) is 4.36. The van der Waals surface area contributed by atoms with Crippen LogP contribution in [0.1, 0.15) is 12.8 Å². The second-order valence-corrected chi connectivity index (χ2v) is 8.65. The fraction of sp³-hybridized carbons (Fsp3) is 0.625. The summed E-state index contributed by atoms with van der Waals surface area (Å²) in [6.07, 6.45) is -0.677. The summed E-state index contributed by atoms with van der Waals surface area (Å²) in [6, 6.07) is 3.44. The molecule has 1 N–H and O–H groups in total. The first-order valence-corrected chi connectivity index (χ1v) is 10.0. The summed E-state index contributed by atoms with van der Waals surface area (Å²) in [7, 11) is -0.391. The highest BCUT2D eigenvalue weighted by atomic mass is 32.2. The van der Waals surface area contributed by atoms with Crippen molar-refractivity contribution in [2.75, 3.05) is 27.2 Å². The van der Waals surface area contributed by atoms with Gasteiger partial charge in [0.15, 0.2) is 0 Å². The second-order valence-electron chi connectivity index (χ2n) is 6.55. The highest BCUT2D eigenvalue weighted by Gasteiger charge is 2.50. The third kappa shape index (κ3) is 5.78. The van der Waals surface area contributed by atoms with E-state index >= 15 is 0 Å². The number of nitrogens with zero attached hydrogens (tertiary/aromatic N) is 3. The Morgan fingerprint density at radius 3 is 2.59 bits per heavy atom. The van der Waals surface area contributed by atoms with Crippen LogP contribution in [-0.2, 0) is 19.7 Å². The molecular weight excluding hydrogens is 419 g/mol. The number of pyridine rings is 1.